The van der Waals surface area contributed by atoms with Gasteiger partial charge in [-0.25, -0.2) is 4.68 Å². The van der Waals surface area contributed by atoms with Gasteiger partial charge in [-0.15, -0.1) is 11.3 Å². The molecule has 0 bridgehead atoms. The van der Waals surface area contributed by atoms with E-state index in [4.69, 9.17) is 10.5 Å². The number of methoxy groups -OCH3 is 1. The third kappa shape index (κ3) is 5.90. The summed E-state index contributed by atoms with van der Waals surface area (Å²) in [5, 5.41) is 9.13. The van der Waals surface area contributed by atoms with Crippen molar-refractivity contribution < 1.29 is 27.5 Å². The largest absolute Gasteiger partial charge is 0.496 e. The highest BCUT2D eigenvalue weighted by atomic mass is 32.1. The molecule has 2 amide bonds. The minimum Gasteiger partial charge on any atom is -0.496 e. The SMILES string of the molecule is COc1ccccc1CNC(=O)c1cc(C(F)(F)F)nn1-c1ccc(CNC(=O)[C@H](C)N)s1. The van der Waals surface area contributed by atoms with Crippen LogP contribution in [-0.2, 0) is 24.1 Å². The number of amides is 2. The Hall–Kier alpha value is -3.38. The second kappa shape index (κ2) is 10.0. The number of carbonyl (C=O) groups excluding carboxylic acids is 2. The molecule has 0 radical (unpaired) electrons. The number of ether oxygens (including phenoxy) is 1. The third-order valence-electron chi connectivity index (χ3n) is 4.57. The molecular weight excluding hydrogens is 459 g/mol. The Bertz CT molecular complexity index is 1140. The second-order valence-corrected chi connectivity index (χ2v) is 8.21. The van der Waals surface area contributed by atoms with Crippen LogP contribution in [0.1, 0.15) is 33.5 Å². The molecule has 0 saturated heterocycles. The van der Waals surface area contributed by atoms with Crippen molar-refractivity contribution in [3.05, 3.63) is 64.3 Å². The summed E-state index contributed by atoms with van der Waals surface area (Å²) in [6.45, 7) is 1.73. The normalized spacial score (nSPS) is 12.3. The number of nitrogens with one attached hydrogen (secondary N) is 2. The molecule has 33 heavy (non-hydrogen) atoms. The molecule has 1 atom stereocenters. The van der Waals surface area contributed by atoms with Crippen LogP contribution in [0.4, 0.5) is 13.2 Å². The summed E-state index contributed by atoms with van der Waals surface area (Å²) < 4.78 is 46.1. The number of nitrogens with two attached hydrogens (primary N) is 1. The molecule has 0 fully saturated rings. The van der Waals surface area contributed by atoms with Crippen LogP contribution in [0.25, 0.3) is 5.00 Å². The summed E-state index contributed by atoms with van der Waals surface area (Å²) in [6.07, 6.45) is -4.73. The number of rotatable bonds is 8. The fourth-order valence-electron chi connectivity index (χ4n) is 2.88. The van der Waals surface area contributed by atoms with E-state index in [1.165, 1.54) is 20.1 Å². The van der Waals surface area contributed by atoms with Gasteiger partial charge in [-0.2, -0.15) is 18.3 Å². The highest BCUT2D eigenvalue weighted by molar-refractivity contribution is 7.14. The summed E-state index contributed by atoms with van der Waals surface area (Å²) >= 11 is 1.09. The number of benzene rings is 1. The van der Waals surface area contributed by atoms with E-state index in [2.05, 4.69) is 15.7 Å². The predicted molar refractivity (Wildman–Crippen MR) is 116 cm³/mol. The smallest absolute Gasteiger partial charge is 0.435 e. The molecule has 0 aliphatic heterocycles. The molecule has 3 rings (SSSR count). The molecule has 176 valence electrons. The maximum Gasteiger partial charge on any atom is 0.435 e. The zero-order valence-electron chi connectivity index (χ0n) is 17.8. The number of aromatic nitrogens is 2. The van der Waals surface area contributed by atoms with E-state index in [1.54, 1.807) is 30.3 Å². The summed E-state index contributed by atoms with van der Waals surface area (Å²) in [5.74, 6) is -0.553. The Morgan fingerprint density at radius 3 is 2.58 bits per heavy atom. The van der Waals surface area contributed by atoms with Gasteiger partial charge in [0.1, 0.15) is 16.4 Å². The number of nitrogens with zero attached hydrogens (tertiary/aromatic N) is 2. The molecule has 0 aliphatic carbocycles. The highest BCUT2D eigenvalue weighted by Crippen LogP contribution is 2.31. The third-order valence-corrected chi connectivity index (χ3v) is 5.63. The molecule has 2 heterocycles. The van der Waals surface area contributed by atoms with Crippen molar-refractivity contribution in [3.8, 4) is 10.8 Å². The second-order valence-electron chi connectivity index (χ2n) is 7.07. The van der Waals surface area contributed by atoms with E-state index in [0.717, 1.165) is 16.0 Å². The van der Waals surface area contributed by atoms with Crippen molar-refractivity contribution in [3.63, 3.8) is 0 Å². The molecule has 0 unspecified atom stereocenters. The number of alkyl halides is 3. The van der Waals surface area contributed by atoms with Gasteiger partial charge in [-0.1, -0.05) is 18.2 Å². The summed E-state index contributed by atoms with van der Waals surface area (Å²) in [5.41, 5.74) is 4.70. The number of thiophene rings is 1. The summed E-state index contributed by atoms with van der Waals surface area (Å²) in [7, 11) is 1.48. The van der Waals surface area contributed by atoms with Gasteiger partial charge in [0.05, 0.1) is 19.7 Å². The van der Waals surface area contributed by atoms with Crippen LogP contribution in [-0.4, -0.2) is 34.7 Å². The van der Waals surface area contributed by atoms with Gasteiger partial charge >= 0.3 is 6.18 Å². The quantitative estimate of drug-likeness (QED) is 0.458. The van der Waals surface area contributed by atoms with Crippen molar-refractivity contribution in [2.24, 2.45) is 5.73 Å². The first-order valence-electron chi connectivity index (χ1n) is 9.80. The maximum absolute atomic E-state index is 13.3. The molecule has 0 spiro atoms. The number of halogens is 3. The number of hydrogen-bond acceptors (Lipinski definition) is 6. The summed E-state index contributed by atoms with van der Waals surface area (Å²) in [6, 6.07) is 10.1. The van der Waals surface area contributed by atoms with Gasteiger partial charge in [-0.05, 0) is 25.1 Å². The van der Waals surface area contributed by atoms with Gasteiger partial charge in [0, 0.05) is 23.1 Å². The van der Waals surface area contributed by atoms with Crippen molar-refractivity contribution in [1.29, 1.82) is 0 Å². The molecule has 4 N–H and O–H groups in total. The van der Waals surface area contributed by atoms with Crippen LogP contribution in [0.15, 0.2) is 42.5 Å². The topological polar surface area (TPSA) is 111 Å². The minimum absolute atomic E-state index is 0.0500. The first-order chi connectivity index (χ1) is 15.6. The Labute approximate surface area is 191 Å². The maximum atomic E-state index is 13.3. The van der Waals surface area contributed by atoms with Gasteiger partial charge in [0.15, 0.2) is 5.69 Å². The fraction of sp³-hybridized carbons (Fsp3) is 0.286. The number of hydrogen-bond donors (Lipinski definition) is 3. The van der Waals surface area contributed by atoms with E-state index >= 15 is 0 Å². The van der Waals surface area contributed by atoms with Crippen LogP contribution in [0.5, 0.6) is 5.75 Å². The molecular formula is C21H22F3N5O3S. The molecule has 2 aromatic heterocycles. The molecule has 8 nitrogen and oxygen atoms in total. The Balaban J connectivity index is 1.84. The van der Waals surface area contributed by atoms with E-state index in [-0.39, 0.29) is 29.7 Å². The highest BCUT2D eigenvalue weighted by Gasteiger charge is 2.36. The average Bonchev–Trinajstić information content (AvgIpc) is 3.42. The van der Waals surface area contributed by atoms with Crippen LogP contribution in [0.2, 0.25) is 0 Å². The lowest BCUT2D eigenvalue weighted by Gasteiger charge is -2.10. The van der Waals surface area contributed by atoms with Crippen molar-refractivity contribution >= 4 is 23.2 Å². The van der Waals surface area contributed by atoms with Gasteiger partial charge < -0.3 is 21.1 Å². The monoisotopic (exact) mass is 481 g/mol. The Morgan fingerprint density at radius 2 is 1.91 bits per heavy atom. The zero-order chi connectivity index (χ0) is 24.2. The lowest BCUT2D eigenvalue weighted by Crippen LogP contribution is -2.37. The lowest BCUT2D eigenvalue weighted by molar-refractivity contribution is -0.141. The van der Waals surface area contributed by atoms with Crippen LogP contribution < -0.4 is 21.1 Å². The fourth-order valence-corrected chi connectivity index (χ4v) is 3.79. The van der Waals surface area contributed by atoms with Crippen molar-refractivity contribution in [1.82, 2.24) is 20.4 Å². The number of carbonyl (C=O) groups is 2. The van der Waals surface area contributed by atoms with Gasteiger partial charge in [-0.3, -0.25) is 9.59 Å². The van der Waals surface area contributed by atoms with Crippen molar-refractivity contribution in [2.75, 3.05) is 7.11 Å². The van der Waals surface area contributed by atoms with E-state index in [1.807, 2.05) is 0 Å². The molecule has 0 saturated carbocycles. The van der Waals surface area contributed by atoms with E-state index < -0.39 is 23.8 Å². The average molecular weight is 482 g/mol. The van der Waals surface area contributed by atoms with Crippen molar-refractivity contribution in [2.45, 2.75) is 32.2 Å². The summed E-state index contributed by atoms with van der Waals surface area (Å²) in [4.78, 5) is 25.1. The van der Waals surface area contributed by atoms with E-state index in [9.17, 15) is 22.8 Å². The predicted octanol–water partition coefficient (Wildman–Crippen LogP) is 2.85. The zero-order valence-corrected chi connectivity index (χ0v) is 18.6. The molecule has 12 heteroatoms. The first kappa shape index (κ1) is 24.3. The lowest BCUT2D eigenvalue weighted by atomic mass is 10.2. The van der Waals surface area contributed by atoms with Crippen LogP contribution >= 0.6 is 11.3 Å². The Kier molecular flexibility index (Phi) is 7.39. The van der Waals surface area contributed by atoms with Gasteiger partial charge in [0.25, 0.3) is 5.91 Å². The minimum atomic E-state index is -4.73. The van der Waals surface area contributed by atoms with Crippen LogP contribution in [0, 0.1) is 0 Å². The van der Waals surface area contributed by atoms with Crippen LogP contribution in [0.3, 0.4) is 0 Å². The first-order valence-corrected chi connectivity index (χ1v) is 10.6. The number of para-hydroxylation sites is 1. The van der Waals surface area contributed by atoms with E-state index in [0.29, 0.717) is 22.3 Å². The molecule has 3 aromatic rings. The molecule has 1 aromatic carbocycles. The molecule has 0 aliphatic rings. The van der Waals surface area contributed by atoms with Gasteiger partial charge in [0.2, 0.25) is 5.91 Å². The Morgan fingerprint density at radius 1 is 1.18 bits per heavy atom. The standard InChI is InChI=1S/C21H22F3N5O3S/c1-12(25)19(30)27-11-14-7-8-18(33-14)29-15(9-17(28-29)21(22,23)24)20(31)26-10-13-5-3-4-6-16(13)32-2/h3-9,12H,10-11,25H2,1-2H3,(H,26,31)(H,27,30)/t12-/m0/s1.